The van der Waals surface area contributed by atoms with E-state index in [1.54, 1.807) is 6.92 Å². The summed E-state index contributed by atoms with van der Waals surface area (Å²) in [6.45, 7) is 4.31. The Hall–Kier alpha value is -0.660. The van der Waals surface area contributed by atoms with E-state index in [9.17, 15) is 14.4 Å². The van der Waals surface area contributed by atoms with E-state index in [2.05, 4.69) is 29.5 Å². The van der Waals surface area contributed by atoms with Crippen LogP contribution in [0.2, 0.25) is 0 Å². The van der Waals surface area contributed by atoms with Gasteiger partial charge in [-0.25, -0.2) is 4.79 Å². The molecule has 0 N–H and O–H groups in total. The van der Waals surface area contributed by atoms with E-state index in [0.717, 1.165) is 19.3 Å². The number of hydrogen-bond acceptors (Lipinski definition) is 3. The standard InChI is InChI=1S/C18H31IN2O3/c1-3-5-6-7-8-9-10-11-12-13-15(19)21-17(23)14-16(22)20(4-2)18(21)24/h15H,3-14H2,1-2H3. The normalized spacial score (nSPS) is 16.9. The Bertz CT molecular complexity index is 428. The molecule has 6 heteroatoms. The van der Waals surface area contributed by atoms with E-state index in [4.69, 9.17) is 0 Å². The molecule has 1 aliphatic rings. The fourth-order valence-corrected chi connectivity index (χ4v) is 3.98. The van der Waals surface area contributed by atoms with E-state index in [-0.39, 0.29) is 22.3 Å². The summed E-state index contributed by atoms with van der Waals surface area (Å²) in [6.07, 6.45) is 11.9. The van der Waals surface area contributed by atoms with Gasteiger partial charge in [-0.1, -0.05) is 87.3 Å². The zero-order chi connectivity index (χ0) is 17.9. The molecule has 1 heterocycles. The second-order valence-corrected chi connectivity index (χ2v) is 7.85. The monoisotopic (exact) mass is 450 g/mol. The number of halogens is 1. The number of nitrogens with zero attached hydrogens (tertiary/aromatic N) is 2. The van der Waals surface area contributed by atoms with Crippen LogP contribution in [-0.4, -0.2) is 38.2 Å². The number of amides is 4. The summed E-state index contributed by atoms with van der Waals surface area (Å²) >= 11 is 2.15. The van der Waals surface area contributed by atoms with Crippen LogP contribution in [0, 0.1) is 0 Å². The number of unbranched alkanes of at least 4 members (excludes halogenated alkanes) is 8. The third-order valence-electron chi connectivity index (χ3n) is 4.45. The molecule has 1 fully saturated rings. The van der Waals surface area contributed by atoms with Gasteiger partial charge in [-0.3, -0.25) is 19.4 Å². The fraction of sp³-hybridized carbons (Fsp3) is 0.833. The predicted molar refractivity (Wildman–Crippen MR) is 104 cm³/mol. The van der Waals surface area contributed by atoms with Crippen molar-refractivity contribution in [1.82, 2.24) is 9.80 Å². The van der Waals surface area contributed by atoms with Gasteiger partial charge in [0.1, 0.15) is 6.42 Å². The molecule has 24 heavy (non-hydrogen) atoms. The molecule has 1 atom stereocenters. The molecule has 1 aliphatic heterocycles. The summed E-state index contributed by atoms with van der Waals surface area (Å²) in [7, 11) is 0. The SMILES string of the molecule is CCCCCCCCCCCC(I)N1C(=O)CC(=O)N(CC)C1=O. The van der Waals surface area contributed by atoms with E-state index in [1.165, 1.54) is 54.7 Å². The molecule has 0 radical (unpaired) electrons. The van der Waals surface area contributed by atoms with E-state index in [1.807, 2.05) is 0 Å². The zero-order valence-corrected chi connectivity index (χ0v) is 17.2. The highest BCUT2D eigenvalue weighted by Crippen LogP contribution is 2.23. The van der Waals surface area contributed by atoms with Crippen molar-refractivity contribution in [3.05, 3.63) is 0 Å². The molecule has 0 spiro atoms. The largest absolute Gasteiger partial charge is 0.334 e. The molecule has 4 amide bonds. The van der Waals surface area contributed by atoms with Gasteiger partial charge in [0.2, 0.25) is 11.8 Å². The molecule has 0 saturated carbocycles. The lowest BCUT2D eigenvalue weighted by molar-refractivity contribution is -0.142. The minimum Gasteiger partial charge on any atom is -0.274 e. The second-order valence-electron chi connectivity index (χ2n) is 6.41. The molecular formula is C18H31IN2O3. The Morgan fingerprint density at radius 2 is 1.42 bits per heavy atom. The van der Waals surface area contributed by atoms with Crippen molar-refractivity contribution >= 4 is 40.4 Å². The van der Waals surface area contributed by atoms with Gasteiger partial charge < -0.3 is 0 Å². The lowest BCUT2D eigenvalue weighted by atomic mass is 10.1. The first-order valence-electron chi connectivity index (χ1n) is 9.33. The average Bonchev–Trinajstić information content (AvgIpc) is 2.53. The van der Waals surface area contributed by atoms with Crippen LogP contribution in [0.4, 0.5) is 4.79 Å². The number of alkyl halides is 1. The Morgan fingerprint density at radius 3 is 1.96 bits per heavy atom. The second kappa shape index (κ2) is 11.8. The fourth-order valence-electron chi connectivity index (χ4n) is 2.99. The van der Waals surface area contributed by atoms with Crippen molar-refractivity contribution in [3.8, 4) is 0 Å². The summed E-state index contributed by atoms with van der Waals surface area (Å²) < 4.78 is -0.158. The lowest BCUT2D eigenvalue weighted by Gasteiger charge is -2.34. The third-order valence-corrected chi connectivity index (χ3v) is 5.63. The Kier molecular flexibility index (Phi) is 10.5. The van der Waals surface area contributed by atoms with Crippen LogP contribution in [-0.2, 0) is 9.59 Å². The molecule has 1 rings (SSSR count). The summed E-state index contributed by atoms with van der Waals surface area (Å²) in [6, 6.07) is -0.450. The van der Waals surface area contributed by atoms with Crippen molar-refractivity contribution in [2.24, 2.45) is 0 Å². The molecule has 138 valence electrons. The number of urea groups is 1. The molecule has 0 bridgehead atoms. The first-order chi connectivity index (χ1) is 11.5. The quantitative estimate of drug-likeness (QED) is 0.140. The van der Waals surface area contributed by atoms with Gasteiger partial charge in [0.15, 0.2) is 0 Å². The first-order valence-corrected chi connectivity index (χ1v) is 10.6. The lowest BCUT2D eigenvalue weighted by Crippen LogP contribution is -2.56. The van der Waals surface area contributed by atoms with Gasteiger partial charge >= 0.3 is 6.03 Å². The van der Waals surface area contributed by atoms with Gasteiger partial charge in [-0.05, 0) is 13.3 Å². The molecule has 1 unspecified atom stereocenters. The number of rotatable bonds is 12. The number of imide groups is 2. The van der Waals surface area contributed by atoms with Gasteiger partial charge in [-0.15, -0.1) is 0 Å². The van der Waals surface area contributed by atoms with Gasteiger partial charge in [0, 0.05) is 6.54 Å². The molecule has 0 aromatic heterocycles. The smallest absolute Gasteiger partial charge is 0.274 e. The summed E-state index contributed by atoms with van der Waals surface area (Å²) in [5.74, 6) is -0.736. The average molecular weight is 450 g/mol. The summed E-state index contributed by atoms with van der Waals surface area (Å²) in [5, 5.41) is 0. The summed E-state index contributed by atoms with van der Waals surface area (Å²) in [4.78, 5) is 38.5. The van der Waals surface area contributed by atoms with Gasteiger partial charge in [-0.2, -0.15) is 0 Å². The van der Waals surface area contributed by atoms with Crippen molar-refractivity contribution in [2.45, 2.75) is 88.5 Å². The highest BCUT2D eigenvalue weighted by molar-refractivity contribution is 14.1. The number of barbiturate groups is 1. The highest BCUT2D eigenvalue weighted by Gasteiger charge is 2.39. The highest BCUT2D eigenvalue weighted by atomic mass is 127. The molecule has 5 nitrogen and oxygen atoms in total. The third kappa shape index (κ3) is 6.69. The van der Waals surface area contributed by atoms with E-state index >= 15 is 0 Å². The van der Waals surface area contributed by atoms with Crippen molar-refractivity contribution < 1.29 is 14.4 Å². The number of carbonyl (C=O) groups excluding carboxylic acids is 3. The summed E-state index contributed by atoms with van der Waals surface area (Å²) in [5.41, 5.74) is 0. The molecule has 1 saturated heterocycles. The Labute approximate surface area is 159 Å². The van der Waals surface area contributed by atoms with Crippen LogP contribution >= 0.6 is 22.6 Å². The minimum atomic E-state index is -0.450. The van der Waals surface area contributed by atoms with Crippen LogP contribution in [0.5, 0.6) is 0 Å². The molecular weight excluding hydrogens is 419 g/mol. The van der Waals surface area contributed by atoms with Gasteiger partial charge in [0.05, 0.1) is 4.05 Å². The number of carbonyl (C=O) groups is 3. The maximum absolute atomic E-state index is 12.3. The van der Waals surface area contributed by atoms with Crippen molar-refractivity contribution in [2.75, 3.05) is 6.54 Å². The topological polar surface area (TPSA) is 57.7 Å². The van der Waals surface area contributed by atoms with Crippen LogP contribution in [0.1, 0.15) is 84.5 Å². The maximum Gasteiger partial charge on any atom is 0.334 e. The zero-order valence-electron chi connectivity index (χ0n) is 15.1. The van der Waals surface area contributed by atoms with Crippen LogP contribution in [0.3, 0.4) is 0 Å². The molecule has 0 aromatic rings. The van der Waals surface area contributed by atoms with Crippen LogP contribution < -0.4 is 0 Å². The van der Waals surface area contributed by atoms with Crippen molar-refractivity contribution in [3.63, 3.8) is 0 Å². The maximum atomic E-state index is 12.3. The Morgan fingerprint density at radius 1 is 0.875 bits per heavy atom. The van der Waals surface area contributed by atoms with E-state index in [0.29, 0.717) is 6.54 Å². The van der Waals surface area contributed by atoms with E-state index < -0.39 is 6.03 Å². The molecule has 0 aromatic carbocycles. The minimum absolute atomic E-state index is 0.158. The predicted octanol–water partition coefficient (Wildman–Crippen LogP) is 4.87. The van der Waals surface area contributed by atoms with Crippen LogP contribution in [0.15, 0.2) is 0 Å². The molecule has 0 aliphatic carbocycles. The number of hydrogen-bond donors (Lipinski definition) is 0. The van der Waals surface area contributed by atoms with Crippen molar-refractivity contribution in [1.29, 1.82) is 0 Å². The van der Waals surface area contributed by atoms with Gasteiger partial charge in [0.25, 0.3) is 0 Å². The van der Waals surface area contributed by atoms with Crippen LogP contribution in [0.25, 0.3) is 0 Å². The first kappa shape index (κ1) is 21.4. The Balaban J connectivity index is 2.24.